The molecule has 0 bridgehead atoms. The predicted molar refractivity (Wildman–Crippen MR) is 81.2 cm³/mol. The Morgan fingerprint density at radius 1 is 1.38 bits per heavy atom. The van der Waals surface area contributed by atoms with E-state index in [1.54, 1.807) is 4.90 Å². The number of carbonyl (C=O) groups excluding carboxylic acids is 1. The van der Waals surface area contributed by atoms with Crippen LogP contribution < -0.4 is 10.3 Å². The van der Waals surface area contributed by atoms with Gasteiger partial charge in [0.1, 0.15) is 17.9 Å². The van der Waals surface area contributed by atoms with Crippen molar-refractivity contribution in [3.8, 4) is 11.9 Å². The Morgan fingerprint density at radius 2 is 2.21 bits per heavy atom. The van der Waals surface area contributed by atoms with E-state index < -0.39 is 0 Å². The first-order valence-electron chi connectivity index (χ1n) is 7.40. The van der Waals surface area contributed by atoms with Crippen LogP contribution in [0.1, 0.15) is 29.0 Å². The average molecular weight is 326 g/mol. The highest BCUT2D eigenvalue weighted by Gasteiger charge is 2.27. The van der Waals surface area contributed by atoms with E-state index in [0.29, 0.717) is 13.1 Å². The molecule has 0 unspecified atom stereocenters. The van der Waals surface area contributed by atoms with E-state index in [-0.39, 0.29) is 34.8 Å². The summed E-state index contributed by atoms with van der Waals surface area (Å²) in [5.41, 5.74) is -0.0752. The lowest BCUT2D eigenvalue weighted by Crippen LogP contribution is -2.45. The minimum atomic E-state index is -0.363. The number of piperidine rings is 1. The van der Waals surface area contributed by atoms with E-state index in [2.05, 4.69) is 20.2 Å². The van der Waals surface area contributed by atoms with Gasteiger partial charge in [-0.15, -0.1) is 0 Å². The van der Waals surface area contributed by atoms with Crippen LogP contribution in [-0.4, -0.2) is 50.2 Å². The Morgan fingerprint density at radius 3 is 2.96 bits per heavy atom. The number of H-pyrrole nitrogens is 1. The maximum Gasteiger partial charge on any atom is 0.274 e. The van der Waals surface area contributed by atoms with Crippen LogP contribution in [0.4, 0.5) is 0 Å². The average Bonchev–Trinajstić information content (AvgIpc) is 2.62. The number of aromatic amines is 1. The van der Waals surface area contributed by atoms with Gasteiger partial charge in [-0.2, -0.15) is 10.4 Å². The number of rotatable bonds is 3. The summed E-state index contributed by atoms with van der Waals surface area (Å²) in [4.78, 5) is 33.0. The number of amides is 1. The van der Waals surface area contributed by atoms with Gasteiger partial charge in [-0.1, -0.05) is 0 Å². The molecular formula is C15H14N6O3. The van der Waals surface area contributed by atoms with Crippen molar-refractivity contribution in [2.75, 3.05) is 13.1 Å². The first-order chi connectivity index (χ1) is 11.7. The van der Waals surface area contributed by atoms with Gasteiger partial charge >= 0.3 is 0 Å². The van der Waals surface area contributed by atoms with Crippen LogP contribution in [-0.2, 0) is 0 Å². The lowest BCUT2D eigenvalue weighted by molar-refractivity contribution is 0.0520. The number of likely N-dealkylation sites (tertiary alicyclic amines) is 1. The van der Waals surface area contributed by atoms with Crippen LogP contribution >= 0.6 is 0 Å². The molecule has 1 saturated heterocycles. The van der Waals surface area contributed by atoms with Crippen molar-refractivity contribution in [2.24, 2.45) is 0 Å². The molecule has 2 aromatic heterocycles. The Kier molecular flexibility index (Phi) is 4.47. The molecule has 0 spiro atoms. The van der Waals surface area contributed by atoms with E-state index in [1.807, 2.05) is 6.07 Å². The molecule has 1 amide bonds. The summed E-state index contributed by atoms with van der Waals surface area (Å²) in [5.74, 6) is -0.110. The number of nitrogens with zero attached hydrogens (tertiary/aromatic N) is 5. The van der Waals surface area contributed by atoms with Crippen LogP contribution in [0.2, 0.25) is 0 Å². The highest BCUT2D eigenvalue weighted by atomic mass is 16.5. The van der Waals surface area contributed by atoms with E-state index in [0.717, 1.165) is 12.8 Å². The molecule has 9 heteroatoms. The van der Waals surface area contributed by atoms with Crippen molar-refractivity contribution in [3.63, 3.8) is 0 Å². The van der Waals surface area contributed by atoms with Crippen LogP contribution in [0, 0.1) is 11.3 Å². The lowest BCUT2D eigenvalue weighted by Gasteiger charge is -2.32. The van der Waals surface area contributed by atoms with Gasteiger partial charge < -0.3 is 9.64 Å². The normalized spacial score (nSPS) is 17.1. The molecule has 1 atom stereocenters. The van der Waals surface area contributed by atoms with Crippen molar-refractivity contribution < 1.29 is 9.53 Å². The van der Waals surface area contributed by atoms with Crippen LogP contribution in [0.15, 0.2) is 29.3 Å². The molecule has 0 aromatic carbocycles. The van der Waals surface area contributed by atoms with Crippen LogP contribution in [0.25, 0.3) is 0 Å². The summed E-state index contributed by atoms with van der Waals surface area (Å²) in [6.07, 6.45) is 4.08. The summed E-state index contributed by atoms with van der Waals surface area (Å²) in [6.45, 7) is 0.923. The number of aromatic nitrogens is 4. The molecule has 9 nitrogen and oxygen atoms in total. The molecule has 24 heavy (non-hydrogen) atoms. The summed E-state index contributed by atoms with van der Waals surface area (Å²) < 4.78 is 5.74. The number of nitrogens with one attached hydrogen (secondary N) is 1. The molecule has 0 radical (unpaired) electrons. The summed E-state index contributed by atoms with van der Waals surface area (Å²) >= 11 is 0. The third-order valence-corrected chi connectivity index (χ3v) is 3.61. The van der Waals surface area contributed by atoms with Crippen molar-refractivity contribution in [2.45, 2.75) is 18.9 Å². The molecule has 3 rings (SSSR count). The van der Waals surface area contributed by atoms with Gasteiger partial charge in [0.2, 0.25) is 5.69 Å². The Bertz CT molecular complexity index is 823. The number of nitriles is 1. The topological polar surface area (TPSA) is 125 Å². The number of hydrogen-bond donors (Lipinski definition) is 1. The zero-order chi connectivity index (χ0) is 16.9. The van der Waals surface area contributed by atoms with Crippen molar-refractivity contribution in [3.05, 3.63) is 46.3 Å². The van der Waals surface area contributed by atoms with Gasteiger partial charge in [-0.3, -0.25) is 9.59 Å². The largest absolute Gasteiger partial charge is 0.470 e. The highest BCUT2D eigenvalue weighted by Crippen LogP contribution is 2.19. The molecule has 1 aliphatic heterocycles. The molecule has 1 N–H and O–H groups in total. The molecule has 1 aliphatic rings. The second-order valence-electron chi connectivity index (χ2n) is 5.26. The quantitative estimate of drug-likeness (QED) is 0.849. The lowest BCUT2D eigenvalue weighted by atomic mass is 10.1. The van der Waals surface area contributed by atoms with Gasteiger partial charge in [-0.05, 0) is 18.9 Å². The number of carbonyl (C=O) groups is 1. The Hall–Kier alpha value is -3.28. The van der Waals surface area contributed by atoms with Crippen LogP contribution in [0.3, 0.4) is 0 Å². The SMILES string of the molecule is N#Cc1nccnc1O[C@@H]1CCCN(C(=O)c2ccc(=O)[nH]n2)C1. The minimum absolute atomic E-state index is 0.114. The van der Waals surface area contributed by atoms with Crippen molar-refractivity contribution in [1.82, 2.24) is 25.1 Å². The van der Waals surface area contributed by atoms with Gasteiger partial charge in [-0.25, -0.2) is 15.1 Å². The second-order valence-corrected chi connectivity index (χ2v) is 5.26. The fraction of sp³-hybridized carbons (Fsp3) is 0.333. The summed E-state index contributed by atoms with van der Waals surface area (Å²) in [5, 5.41) is 15.0. The van der Waals surface area contributed by atoms with E-state index in [9.17, 15) is 9.59 Å². The third kappa shape index (κ3) is 3.38. The van der Waals surface area contributed by atoms with Gasteiger partial charge in [0.05, 0.1) is 6.54 Å². The van der Waals surface area contributed by atoms with E-state index >= 15 is 0 Å². The second kappa shape index (κ2) is 6.87. The monoisotopic (exact) mass is 326 g/mol. The predicted octanol–water partition coefficient (Wildman–Crippen LogP) is 0.115. The van der Waals surface area contributed by atoms with Crippen LogP contribution in [0.5, 0.6) is 5.88 Å². The summed E-state index contributed by atoms with van der Waals surface area (Å²) in [7, 11) is 0. The van der Waals surface area contributed by atoms with E-state index in [1.165, 1.54) is 24.5 Å². The minimum Gasteiger partial charge on any atom is -0.470 e. The molecule has 1 fully saturated rings. The van der Waals surface area contributed by atoms with Crippen molar-refractivity contribution in [1.29, 1.82) is 5.26 Å². The molecule has 0 saturated carbocycles. The zero-order valence-corrected chi connectivity index (χ0v) is 12.7. The van der Waals surface area contributed by atoms with Crippen molar-refractivity contribution >= 4 is 5.91 Å². The number of ether oxygens (including phenoxy) is 1. The molecule has 122 valence electrons. The molecule has 3 heterocycles. The van der Waals surface area contributed by atoms with E-state index in [4.69, 9.17) is 10.00 Å². The highest BCUT2D eigenvalue weighted by molar-refractivity contribution is 5.92. The Balaban J connectivity index is 1.70. The molecular weight excluding hydrogens is 312 g/mol. The zero-order valence-electron chi connectivity index (χ0n) is 12.7. The first kappa shape index (κ1) is 15.6. The molecule has 2 aromatic rings. The smallest absolute Gasteiger partial charge is 0.274 e. The maximum atomic E-state index is 12.4. The standard InChI is InChI=1S/C15H14N6O3/c16-8-12-14(18-6-5-17-12)24-10-2-1-7-21(9-10)15(23)11-3-4-13(22)20-19-11/h3-6,10H,1-2,7,9H2,(H,20,22)/t10-/m1/s1. The van der Waals surface area contributed by atoms with Gasteiger partial charge in [0.15, 0.2) is 0 Å². The number of hydrogen-bond acceptors (Lipinski definition) is 7. The molecule has 0 aliphatic carbocycles. The van der Waals surface area contributed by atoms with Gasteiger partial charge in [0, 0.05) is 25.0 Å². The fourth-order valence-electron chi connectivity index (χ4n) is 2.49. The Labute approximate surface area is 136 Å². The fourth-order valence-corrected chi connectivity index (χ4v) is 2.49. The maximum absolute atomic E-state index is 12.4. The first-order valence-corrected chi connectivity index (χ1v) is 7.40. The summed E-state index contributed by atoms with van der Waals surface area (Å²) in [6, 6.07) is 4.58. The third-order valence-electron chi connectivity index (χ3n) is 3.61. The van der Waals surface area contributed by atoms with Gasteiger partial charge in [0.25, 0.3) is 17.3 Å².